The largest absolute Gasteiger partial charge is 0.497 e. The maximum atomic E-state index is 11.8. The Hall–Kier alpha value is -3.09. The van der Waals surface area contributed by atoms with Gasteiger partial charge in [-0.05, 0) is 29.8 Å². The molecular formula is C18H20N2O5. The van der Waals surface area contributed by atoms with E-state index >= 15 is 0 Å². The first kappa shape index (κ1) is 16.8. The summed E-state index contributed by atoms with van der Waals surface area (Å²) in [7, 11) is 1.61. The lowest BCUT2D eigenvalue weighted by molar-refractivity contribution is 0.173. The van der Waals surface area contributed by atoms with E-state index in [1.807, 2.05) is 24.3 Å². The minimum absolute atomic E-state index is 0.230. The number of urea groups is 1. The van der Waals surface area contributed by atoms with Crippen molar-refractivity contribution in [3.63, 3.8) is 0 Å². The third-order valence-corrected chi connectivity index (χ3v) is 3.59. The van der Waals surface area contributed by atoms with Crippen LogP contribution in [0.15, 0.2) is 42.5 Å². The molecule has 0 unspecified atom stereocenters. The molecule has 7 heteroatoms. The highest BCUT2D eigenvalue weighted by molar-refractivity contribution is 5.73. The highest BCUT2D eigenvalue weighted by Gasteiger charge is 2.13. The molecule has 3 rings (SSSR count). The van der Waals surface area contributed by atoms with E-state index in [-0.39, 0.29) is 12.8 Å². The third-order valence-electron chi connectivity index (χ3n) is 3.59. The summed E-state index contributed by atoms with van der Waals surface area (Å²) >= 11 is 0. The summed E-state index contributed by atoms with van der Waals surface area (Å²) in [5.41, 5.74) is 0.964. The van der Waals surface area contributed by atoms with Crippen LogP contribution in [0, 0.1) is 0 Å². The second-order valence-corrected chi connectivity index (χ2v) is 5.32. The van der Waals surface area contributed by atoms with Crippen molar-refractivity contribution >= 4 is 6.03 Å². The first-order valence-electron chi connectivity index (χ1n) is 7.91. The van der Waals surface area contributed by atoms with Crippen LogP contribution in [0.2, 0.25) is 0 Å². The molecule has 0 aliphatic carbocycles. The number of carbonyl (C=O) groups excluding carboxylic acids is 1. The zero-order chi connectivity index (χ0) is 17.5. The van der Waals surface area contributed by atoms with Crippen LogP contribution in [0.25, 0.3) is 0 Å². The van der Waals surface area contributed by atoms with Gasteiger partial charge in [0.2, 0.25) is 6.79 Å². The van der Waals surface area contributed by atoms with Gasteiger partial charge in [-0.2, -0.15) is 0 Å². The SMILES string of the molecule is COc1cccc(CNC(=O)NCCOc2ccc3c(c2)OCO3)c1. The molecule has 0 spiro atoms. The van der Waals surface area contributed by atoms with E-state index in [0.29, 0.717) is 36.9 Å². The molecule has 0 fully saturated rings. The summed E-state index contributed by atoms with van der Waals surface area (Å²) in [5.74, 6) is 2.81. The Morgan fingerprint density at radius 1 is 1.08 bits per heavy atom. The molecule has 0 saturated carbocycles. The van der Waals surface area contributed by atoms with Crippen molar-refractivity contribution in [3.8, 4) is 23.0 Å². The standard InChI is InChI=1S/C18H20N2O5/c1-22-14-4-2-3-13(9-14)11-20-18(21)19-7-8-23-15-5-6-16-17(10-15)25-12-24-16/h2-6,9-10H,7-8,11-12H2,1H3,(H2,19,20,21). The van der Waals surface area contributed by atoms with Gasteiger partial charge in [0, 0.05) is 12.6 Å². The summed E-state index contributed by atoms with van der Waals surface area (Å²) in [5, 5.41) is 5.53. The van der Waals surface area contributed by atoms with Crippen molar-refractivity contribution in [1.29, 1.82) is 0 Å². The Morgan fingerprint density at radius 3 is 2.84 bits per heavy atom. The monoisotopic (exact) mass is 344 g/mol. The summed E-state index contributed by atoms with van der Waals surface area (Å²) < 4.78 is 21.3. The number of amides is 2. The van der Waals surface area contributed by atoms with Gasteiger partial charge in [-0.3, -0.25) is 0 Å². The minimum atomic E-state index is -0.253. The van der Waals surface area contributed by atoms with Gasteiger partial charge in [0.25, 0.3) is 0 Å². The van der Waals surface area contributed by atoms with Crippen LogP contribution in [-0.2, 0) is 6.54 Å². The van der Waals surface area contributed by atoms with Crippen LogP contribution in [0.5, 0.6) is 23.0 Å². The highest BCUT2D eigenvalue weighted by Crippen LogP contribution is 2.34. The van der Waals surface area contributed by atoms with Crippen LogP contribution >= 0.6 is 0 Å². The average molecular weight is 344 g/mol. The minimum Gasteiger partial charge on any atom is -0.497 e. The van der Waals surface area contributed by atoms with Crippen LogP contribution in [0.3, 0.4) is 0 Å². The summed E-state index contributed by atoms with van der Waals surface area (Å²) in [6, 6.07) is 12.7. The van der Waals surface area contributed by atoms with Crippen molar-refractivity contribution in [2.24, 2.45) is 0 Å². The van der Waals surface area contributed by atoms with Gasteiger partial charge in [0.1, 0.15) is 18.1 Å². The van der Waals surface area contributed by atoms with Crippen LogP contribution < -0.4 is 29.6 Å². The smallest absolute Gasteiger partial charge is 0.315 e. The van der Waals surface area contributed by atoms with Gasteiger partial charge < -0.3 is 29.6 Å². The number of ether oxygens (including phenoxy) is 4. The number of hydrogen-bond acceptors (Lipinski definition) is 5. The van der Waals surface area contributed by atoms with Crippen molar-refractivity contribution < 1.29 is 23.7 Å². The average Bonchev–Trinajstić information content (AvgIpc) is 3.11. The quantitative estimate of drug-likeness (QED) is 0.754. The molecule has 0 bridgehead atoms. The molecule has 132 valence electrons. The number of benzene rings is 2. The molecular weight excluding hydrogens is 324 g/mol. The Morgan fingerprint density at radius 2 is 1.96 bits per heavy atom. The molecule has 0 radical (unpaired) electrons. The Bertz CT molecular complexity index is 735. The highest BCUT2D eigenvalue weighted by atomic mass is 16.7. The molecule has 25 heavy (non-hydrogen) atoms. The molecule has 1 aliphatic rings. The number of hydrogen-bond donors (Lipinski definition) is 2. The predicted octanol–water partition coefficient (Wildman–Crippen LogP) is 2.30. The Balaban J connectivity index is 1.35. The first-order chi connectivity index (χ1) is 12.2. The molecule has 7 nitrogen and oxygen atoms in total. The molecule has 1 aliphatic heterocycles. The molecule has 0 aromatic heterocycles. The van der Waals surface area contributed by atoms with Crippen LogP contribution in [-0.4, -0.2) is 33.1 Å². The van der Waals surface area contributed by atoms with E-state index in [2.05, 4.69) is 10.6 Å². The van der Waals surface area contributed by atoms with Crippen molar-refractivity contribution in [2.45, 2.75) is 6.54 Å². The van der Waals surface area contributed by atoms with Crippen molar-refractivity contribution in [2.75, 3.05) is 27.1 Å². The lowest BCUT2D eigenvalue weighted by Crippen LogP contribution is -2.37. The van der Waals surface area contributed by atoms with E-state index in [9.17, 15) is 4.79 Å². The topological polar surface area (TPSA) is 78.1 Å². The molecule has 0 saturated heterocycles. The second-order valence-electron chi connectivity index (χ2n) is 5.32. The number of carbonyl (C=O) groups is 1. The van der Waals surface area contributed by atoms with Gasteiger partial charge in [0.15, 0.2) is 11.5 Å². The maximum absolute atomic E-state index is 11.8. The van der Waals surface area contributed by atoms with E-state index in [1.165, 1.54) is 0 Å². The Kier molecular flexibility index (Phi) is 5.46. The third kappa shape index (κ3) is 4.69. The van der Waals surface area contributed by atoms with Crippen molar-refractivity contribution in [3.05, 3.63) is 48.0 Å². The number of fused-ring (bicyclic) bond motifs is 1. The zero-order valence-electron chi connectivity index (χ0n) is 13.9. The second kappa shape index (κ2) is 8.14. The number of methoxy groups -OCH3 is 1. The molecule has 2 aromatic carbocycles. The van der Waals surface area contributed by atoms with Gasteiger partial charge in [0.05, 0.1) is 13.7 Å². The zero-order valence-corrected chi connectivity index (χ0v) is 13.9. The molecule has 0 atom stereocenters. The lowest BCUT2D eigenvalue weighted by atomic mass is 10.2. The van der Waals surface area contributed by atoms with E-state index in [0.717, 1.165) is 11.3 Å². The lowest BCUT2D eigenvalue weighted by Gasteiger charge is -2.10. The summed E-state index contributed by atoms with van der Waals surface area (Å²) in [6.45, 7) is 1.39. The number of nitrogens with one attached hydrogen (secondary N) is 2. The van der Waals surface area contributed by atoms with Gasteiger partial charge in [-0.15, -0.1) is 0 Å². The van der Waals surface area contributed by atoms with Crippen LogP contribution in [0.1, 0.15) is 5.56 Å². The summed E-state index contributed by atoms with van der Waals surface area (Å²) in [6.07, 6.45) is 0. The van der Waals surface area contributed by atoms with E-state index < -0.39 is 0 Å². The molecule has 2 amide bonds. The Labute approximate surface area is 145 Å². The van der Waals surface area contributed by atoms with E-state index in [4.69, 9.17) is 18.9 Å². The van der Waals surface area contributed by atoms with Crippen molar-refractivity contribution in [1.82, 2.24) is 10.6 Å². The van der Waals surface area contributed by atoms with E-state index in [1.54, 1.807) is 25.3 Å². The maximum Gasteiger partial charge on any atom is 0.315 e. The fourth-order valence-corrected chi connectivity index (χ4v) is 2.33. The van der Waals surface area contributed by atoms with Gasteiger partial charge in [-0.1, -0.05) is 12.1 Å². The van der Waals surface area contributed by atoms with Gasteiger partial charge in [-0.25, -0.2) is 4.79 Å². The molecule has 1 heterocycles. The summed E-state index contributed by atoms with van der Waals surface area (Å²) in [4.78, 5) is 11.8. The predicted molar refractivity (Wildman–Crippen MR) is 91.3 cm³/mol. The van der Waals surface area contributed by atoms with Crippen LogP contribution in [0.4, 0.5) is 4.79 Å². The first-order valence-corrected chi connectivity index (χ1v) is 7.91. The fraction of sp³-hybridized carbons (Fsp3) is 0.278. The molecule has 2 N–H and O–H groups in total. The molecule has 2 aromatic rings. The van der Waals surface area contributed by atoms with Gasteiger partial charge >= 0.3 is 6.03 Å². The number of rotatable bonds is 7. The normalized spacial score (nSPS) is 11.7. The fourth-order valence-electron chi connectivity index (χ4n) is 2.33.